The van der Waals surface area contributed by atoms with Gasteiger partial charge in [-0.05, 0) is 19.4 Å². The normalized spacial score (nSPS) is 10.4. The van der Waals surface area contributed by atoms with E-state index in [9.17, 15) is 9.59 Å². The van der Waals surface area contributed by atoms with E-state index in [4.69, 9.17) is 4.74 Å². The van der Waals surface area contributed by atoms with E-state index in [2.05, 4.69) is 4.98 Å². The van der Waals surface area contributed by atoms with Gasteiger partial charge in [-0.25, -0.2) is 9.78 Å². The number of benzene rings is 1. The average molecular weight is 303 g/mol. The molecule has 110 valence electrons. The Morgan fingerprint density at radius 2 is 1.90 bits per heavy atom. The molecule has 1 aromatic heterocycles. The maximum Gasteiger partial charge on any atom is 0.350 e. The number of aryl methyl sites for hydroxylation is 1. The highest BCUT2D eigenvalue weighted by Crippen LogP contribution is 2.20. The first kappa shape index (κ1) is 15.4. The quantitative estimate of drug-likeness (QED) is 0.770. The minimum Gasteiger partial charge on any atom is -0.462 e. The summed E-state index contributed by atoms with van der Waals surface area (Å²) >= 11 is 1.24. The van der Waals surface area contributed by atoms with Crippen LogP contribution in [0.5, 0.6) is 0 Å². The van der Waals surface area contributed by atoms with E-state index in [0.29, 0.717) is 28.6 Å². The Labute approximate surface area is 127 Å². The van der Waals surface area contributed by atoms with Crippen LogP contribution < -0.4 is 0 Å². The van der Waals surface area contributed by atoms with Gasteiger partial charge in [-0.15, -0.1) is 11.3 Å². The van der Waals surface area contributed by atoms with Gasteiger partial charge in [0.2, 0.25) is 0 Å². The highest BCUT2D eigenvalue weighted by atomic mass is 32.1. The molecule has 0 aliphatic rings. The number of esters is 1. The largest absolute Gasteiger partial charge is 0.462 e. The number of thiazole rings is 1. The maximum absolute atomic E-state index is 12.0. The van der Waals surface area contributed by atoms with Crippen LogP contribution in [0.4, 0.5) is 0 Å². The van der Waals surface area contributed by atoms with Gasteiger partial charge in [0.1, 0.15) is 15.7 Å². The summed E-state index contributed by atoms with van der Waals surface area (Å²) in [4.78, 5) is 28.5. The highest BCUT2D eigenvalue weighted by molar-refractivity contribution is 7.13. The van der Waals surface area contributed by atoms with Crippen LogP contribution in [-0.2, 0) is 22.4 Å². The zero-order valence-electron chi connectivity index (χ0n) is 12.1. The average Bonchev–Trinajstić information content (AvgIpc) is 2.80. The smallest absolute Gasteiger partial charge is 0.350 e. The van der Waals surface area contributed by atoms with Crippen LogP contribution in [0.2, 0.25) is 0 Å². The van der Waals surface area contributed by atoms with Crippen molar-refractivity contribution in [3.8, 4) is 0 Å². The van der Waals surface area contributed by atoms with Crippen LogP contribution in [-0.4, -0.2) is 23.3 Å². The van der Waals surface area contributed by atoms with Crippen molar-refractivity contribution >= 4 is 23.1 Å². The van der Waals surface area contributed by atoms with Crippen LogP contribution in [0.15, 0.2) is 30.3 Å². The van der Waals surface area contributed by atoms with Crippen LogP contribution in [0, 0.1) is 6.92 Å². The molecule has 0 spiro atoms. The van der Waals surface area contributed by atoms with E-state index in [-0.39, 0.29) is 18.2 Å². The molecule has 21 heavy (non-hydrogen) atoms. The molecule has 2 rings (SSSR count). The molecule has 0 aliphatic heterocycles. The number of ether oxygens (including phenoxy) is 1. The molecule has 0 aliphatic carbocycles. The zero-order chi connectivity index (χ0) is 15.2. The van der Waals surface area contributed by atoms with Gasteiger partial charge in [-0.2, -0.15) is 0 Å². The number of ketones is 1. The topological polar surface area (TPSA) is 56.3 Å². The van der Waals surface area contributed by atoms with Crippen molar-refractivity contribution in [3.05, 3.63) is 51.5 Å². The third-order valence-electron chi connectivity index (χ3n) is 2.89. The van der Waals surface area contributed by atoms with Crippen molar-refractivity contribution in [1.29, 1.82) is 0 Å². The molecule has 0 unspecified atom stereocenters. The number of carbonyl (C=O) groups excluding carboxylic acids is 2. The number of rotatable bonds is 6. The fourth-order valence-electron chi connectivity index (χ4n) is 1.97. The maximum atomic E-state index is 12.0. The molecule has 0 saturated heterocycles. The standard InChI is InChI=1S/C16H17NO3S/c1-3-20-16(19)15-11(2)17-14(21-15)10-13(18)9-12-7-5-4-6-8-12/h4-8H,3,9-10H2,1-2H3. The summed E-state index contributed by atoms with van der Waals surface area (Å²) in [6.07, 6.45) is 0.633. The molecule has 4 nitrogen and oxygen atoms in total. The fourth-order valence-corrected chi connectivity index (χ4v) is 2.96. The van der Waals surface area contributed by atoms with Gasteiger partial charge >= 0.3 is 5.97 Å². The number of carbonyl (C=O) groups is 2. The Hall–Kier alpha value is -2.01. The molecular weight excluding hydrogens is 286 g/mol. The van der Waals surface area contributed by atoms with E-state index in [1.54, 1.807) is 13.8 Å². The molecule has 0 atom stereocenters. The third-order valence-corrected chi connectivity index (χ3v) is 4.03. The molecule has 2 aromatic rings. The molecule has 0 N–H and O–H groups in total. The number of hydrogen-bond donors (Lipinski definition) is 0. The van der Waals surface area contributed by atoms with Gasteiger partial charge in [0, 0.05) is 6.42 Å². The van der Waals surface area contributed by atoms with E-state index in [0.717, 1.165) is 5.56 Å². The molecule has 0 saturated carbocycles. The first-order chi connectivity index (χ1) is 10.1. The zero-order valence-corrected chi connectivity index (χ0v) is 12.9. The third kappa shape index (κ3) is 4.23. The van der Waals surface area contributed by atoms with E-state index >= 15 is 0 Å². The Kier molecular flexibility index (Phi) is 5.22. The Balaban J connectivity index is 2.01. The lowest BCUT2D eigenvalue weighted by Gasteiger charge is -1.99. The lowest BCUT2D eigenvalue weighted by atomic mass is 10.1. The molecule has 0 amide bonds. The predicted octanol–water partition coefficient (Wildman–Crippen LogP) is 2.98. The Morgan fingerprint density at radius 1 is 1.19 bits per heavy atom. The fraction of sp³-hybridized carbons (Fsp3) is 0.312. The number of hydrogen-bond acceptors (Lipinski definition) is 5. The van der Waals surface area contributed by atoms with Crippen molar-refractivity contribution in [2.45, 2.75) is 26.7 Å². The molecule has 1 heterocycles. The van der Waals surface area contributed by atoms with Crippen molar-refractivity contribution in [2.24, 2.45) is 0 Å². The van der Waals surface area contributed by atoms with Crippen LogP contribution in [0.25, 0.3) is 0 Å². The van der Waals surface area contributed by atoms with E-state index < -0.39 is 0 Å². The monoisotopic (exact) mass is 303 g/mol. The van der Waals surface area contributed by atoms with Gasteiger partial charge in [0.15, 0.2) is 0 Å². The van der Waals surface area contributed by atoms with E-state index in [1.807, 2.05) is 30.3 Å². The predicted molar refractivity (Wildman–Crippen MR) is 81.7 cm³/mol. The highest BCUT2D eigenvalue weighted by Gasteiger charge is 2.17. The number of nitrogens with zero attached hydrogens (tertiary/aromatic N) is 1. The molecule has 0 fully saturated rings. The summed E-state index contributed by atoms with van der Waals surface area (Å²) in [6.45, 7) is 3.85. The van der Waals surface area contributed by atoms with Gasteiger partial charge < -0.3 is 4.74 Å². The second kappa shape index (κ2) is 7.13. The summed E-state index contributed by atoms with van der Waals surface area (Å²) in [5.74, 6) is -0.278. The summed E-state index contributed by atoms with van der Waals surface area (Å²) in [6, 6.07) is 9.60. The lowest BCUT2D eigenvalue weighted by molar-refractivity contribution is -0.117. The van der Waals surface area contributed by atoms with Gasteiger partial charge in [0.05, 0.1) is 18.7 Å². The second-order valence-electron chi connectivity index (χ2n) is 4.62. The summed E-state index contributed by atoms with van der Waals surface area (Å²) in [7, 11) is 0. The minimum absolute atomic E-state index is 0.0883. The van der Waals surface area contributed by atoms with E-state index in [1.165, 1.54) is 11.3 Å². The molecule has 0 bridgehead atoms. The Morgan fingerprint density at radius 3 is 2.57 bits per heavy atom. The minimum atomic E-state index is -0.366. The summed E-state index contributed by atoms with van der Waals surface area (Å²) < 4.78 is 4.97. The number of aromatic nitrogens is 1. The van der Waals surface area contributed by atoms with Gasteiger partial charge in [-0.1, -0.05) is 30.3 Å². The van der Waals surface area contributed by atoms with Crippen LogP contribution >= 0.6 is 11.3 Å². The van der Waals surface area contributed by atoms with Gasteiger partial charge in [0.25, 0.3) is 0 Å². The SMILES string of the molecule is CCOC(=O)c1sc(CC(=O)Cc2ccccc2)nc1C. The Bertz CT molecular complexity index is 634. The van der Waals surface area contributed by atoms with Gasteiger partial charge in [-0.3, -0.25) is 4.79 Å². The van der Waals surface area contributed by atoms with Crippen LogP contribution in [0.1, 0.15) is 32.9 Å². The molecule has 0 radical (unpaired) electrons. The van der Waals surface area contributed by atoms with Crippen molar-refractivity contribution in [1.82, 2.24) is 4.98 Å². The van der Waals surface area contributed by atoms with Crippen molar-refractivity contribution in [2.75, 3.05) is 6.61 Å². The molecule has 5 heteroatoms. The van der Waals surface area contributed by atoms with Crippen molar-refractivity contribution in [3.63, 3.8) is 0 Å². The lowest BCUT2D eigenvalue weighted by Crippen LogP contribution is -2.06. The summed E-state index contributed by atoms with van der Waals surface area (Å²) in [5.41, 5.74) is 1.61. The summed E-state index contributed by atoms with van der Waals surface area (Å²) in [5, 5.41) is 0.663. The van der Waals surface area contributed by atoms with Crippen LogP contribution in [0.3, 0.4) is 0 Å². The van der Waals surface area contributed by atoms with Crippen molar-refractivity contribution < 1.29 is 14.3 Å². The first-order valence-electron chi connectivity index (χ1n) is 6.79. The first-order valence-corrected chi connectivity index (χ1v) is 7.61. The number of Topliss-reactive ketones (excluding diaryl/α,β-unsaturated/α-hetero) is 1. The second-order valence-corrected chi connectivity index (χ2v) is 5.70. The molecular formula is C16H17NO3S. The molecule has 1 aromatic carbocycles.